The molecule has 0 N–H and O–H groups in total. The Kier molecular flexibility index (Phi) is 8.08. The van der Waals surface area contributed by atoms with Crippen LogP contribution < -0.4 is 12.4 Å². The van der Waals surface area contributed by atoms with E-state index in [-0.39, 0.29) is 12.4 Å². The molecule has 0 amide bonds. The first-order valence-corrected chi connectivity index (χ1v) is 5.05. The van der Waals surface area contributed by atoms with Crippen molar-refractivity contribution in [2.45, 2.75) is 0 Å². The lowest BCUT2D eigenvalue weighted by atomic mass is 10.4. The Morgan fingerprint density at radius 1 is 0.812 bits per heavy atom. The summed E-state index contributed by atoms with van der Waals surface area (Å²) in [4.78, 5) is 6.31. The highest BCUT2D eigenvalue weighted by molar-refractivity contribution is 5.88. The van der Waals surface area contributed by atoms with E-state index in [1.807, 2.05) is 0 Å². The summed E-state index contributed by atoms with van der Waals surface area (Å²) in [5.41, 5.74) is 0. The molecule has 0 heterocycles. The Balaban J connectivity index is 0. The standard InChI is InChI=1S/C11H25N4.ClH/c1-12(2)10(13(3)4)9-11(14(5)6)15(7)8;/h9H,1-8H3;1H/q+1;/p-1. The van der Waals surface area contributed by atoms with E-state index >= 15 is 0 Å². The molecule has 0 aromatic heterocycles. The van der Waals surface area contributed by atoms with Crippen LogP contribution in [0.2, 0.25) is 0 Å². The van der Waals surface area contributed by atoms with Gasteiger partial charge >= 0.3 is 0 Å². The maximum atomic E-state index is 2.17. The van der Waals surface area contributed by atoms with E-state index in [2.05, 4.69) is 81.7 Å². The highest BCUT2D eigenvalue weighted by Gasteiger charge is 2.12. The Hall–Kier alpha value is -0.900. The summed E-state index contributed by atoms with van der Waals surface area (Å²) in [6.45, 7) is 0. The molecule has 4 nitrogen and oxygen atoms in total. The Labute approximate surface area is 106 Å². The van der Waals surface area contributed by atoms with E-state index in [1.54, 1.807) is 0 Å². The van der Waals surface area contributed by atoms with E-state index < -0.39 is 0 Å². The molecule has 0 aromatic rings. The van der Waals surface area contributed by atoms with Crippen molar-refractivity contribution in [3.05, 3.63) is 11.9 Å². The van der Waals surface area contributed by atoms with Crippen molar-refractivity contribution >= 4 is 5.84 Å². The van der Waals surface area contributed by atoms with Gasteiger partial charge in [-0.1, -0.05) is 0 Å². The van der Waals surface area contributed by atoms with Crippen LogP contribution in [0.5, 0.6) is 0 Å². The quantitative estimate of drug-likeness (QED) is 0.304. The predicted octanol–water partition coefficient (Wildman–Crippen LogP) is -2.81. The lowest BCUT2D eigenvalue weighted by molar-refractivity contribution is -0.468. The van der Waals surface area contributed by atoms with Crippen LogP contribution in [0.4, 0.5) is 0 Å². The van der Waals surface area contributed by atoms with Crippen molar-refractivity contribution in [2.24, 2.45) is 0 Å². The zero-order valence-corrected chi connectivity index (χ0v) is 12.5. The van der Waals surface area contributed by atoms with Crippen LogP contribution in [0.15, 0.2) is 11.9 Å². The Bertz CT molecular complexity index is 253. The summed E-state index contributed by atoms with van der Waals surface area (Å²) in [6.07, 6.45) is 2.17. The molecule has 0 radical (unpaired) electrons. The van der Waals surface area contributed by atoms with Gasteiger partial charge in [0.25, 0.3) is 5.84 Å². The molecule has 0 saturated carbocycles. The summed E-state index contributed by atoms with van der Waals surface area (Å²) in [6, 6.07) is 0. The molecule has 0 fully saturated rings. The number of nitrogens with zero attached hydrogens (tertiary/aromatic N) is 4. The minimum absolute atomic E-state index is 0. The lowest BCUT2D eigenvalue weighted by Crippen LogP contribution is -3.00. The van der Waals surface area contributed by atoms with Crippen LogP contribution >= 0.6 is 0 Å². The minimum Gasteiger partial charge on any atom is -1.00 e. The first-order chi connectivity index (χ1) is 6.77. The Morgan fingerprint density at radius 2 is 1.19 bits per heavy atom. The van der Waals surface area contributed by atoms with Gasteiger partial charge in [-0.3, -0.25) is 9.48 Å². The van der Waals surface area contributed by atoms with Gasteiger partial charge < -0.3 is 22.2 Å². The number of halogens is 1. The largest absolute Gasteiger partial charge is 1.00 e. The fourth-order valence-electron chi connectivity index (χ4n) is 1.43. The molecule has 0 unspecified atom stereocenters. The van der Waals surface area contributed by atoms with Gasteiger partial charge in [-0.25, -0.2) is 0 Å². The van der Waals surface area contributed by atoms with Crippen LogP contribution in [0, 0.1) is 0 Å². The van der Waals surface area contributed by atoms with Crippen LogP contribution in [0.25, 0.3) is 0 Å². The van der Waals surface area contributed by atoms with Gasteiger partial charge in [-0.2, -0.15) is 0 Å². The number of amidine groups is 1. The van der Waals surface area contributed by atoms with Crippen LogP contribution in [-0.2, 0) is 0 Å². The highest BCUT2D eigenvalue weighted by Crippen LogP contribution is 2.02. The zero-order chi connectivity index (χ0) is 12.2. The molecule has 16 heavy (non-hydrogen) atoms. The molecule has 0 aliphatic carbocycles. The van der Waals surface area contributed by atoms with E-state index in [9.17, 15) is 0 Å². The smallest absolute Gasteiger partial charge is 0.274 e. The summed E-state index contributed by atoms with van der Waals surface area (Å²) in [5, 5.41) is 0. The second-order valence-electron chi connectivity index (χ2n) is 4.44. The first-order valence-electron chi connectivity index (χ1n) is 5.05. The fraction of sp³-hybridized carbons (Fsp3) is 0.727. The summed E-state index contributed by atoms with van der Waals surface area (Å²) >= 11 is 0. The van der Waals surface area contributed by atoms with Crippen LogP contribution in [0.3, 0.4) is 0 Å². The lowest BCUT2D eigenvalue weighted by Gasteiger charge is -2.24. The molecular weight excluding hydrogens is 224 g/mol. The molecule has 0 saturated heterocycles. The third-order valence-corrected chi connectivity index (χ3v) is 2.09. The highest BCUT2D eigenvalue weighted by atomic mass is 35.5. The van der Waals surface area contributed by atoms with Crippen molar-refractivity contribution in [1.29, 1.82) is 0 Å². The van der Waals surface area contributed by atoms with Gasteiger partial charge in [0, 0.05) is 28.2 Å². The molecule has 0 atom stereocenters. The van der Waals surface area contributed by atoms with Crippen molar-refractivity contribution in [2.75, 3.05) is 56.4 Å². The molecular formula is C11H25ClN4. The molecule has 0 spiro atoms. The van der Waals surface area contributed by atoms with Crippen molar-refractivity contribution in [3.63, 3.8) is 0 Å². The third-order valence-electron chi connectivity index (χ3n) is 2.09. The minimum atomic E-state index is 0. The monoisotopic (exact) mass is 248 g/mol. The van der Waals surface area contributed by atoms with Gasteiger partial charge in [-0.15, -0.1) is 0 Å². The number of hydrogen-bond donors (Lipinski definition) is 0. The third kappa shape index (κ3) is 5.26. The van der Waals surface area contributed by atoms with E-state index in [4.69, 9.17) is 0 Å². The molecule has 0 aliphatic rings. The number of hydrogen-bond acceptors (Lipinski definition) is 2. The Morgan fingerprint density at radius 3 is 1.38 bits per heavy atom. The van der Waals surface area contributed by atoms with E-state index in [0.717, 1.165) is 0 Å². The van der Waals surface area contributed by atoms with Crippen LogP contribution in [0.1, 0.15) is 0 Å². The van der Waals surface area contributed by atoms with Crippen LogP contribution in [-0.4, -0.2) is 81.5 Å². The summed E-state index contributed by atoms with van der Waals surface area (Å²) in [5.74, 6) is 2.35. The van der Waals surface area contributed by atoms with Gasteiger partial charge in [0.05, 0.1) is 34.3 Å². The SMILES string of the molecule is CN(C)C(=CC(N(C)C)=[N+](C)C)N(C)C.[Cl-]. The first kappa shape index (κ1) is 17.5. The molecule has 0 bridgehead atoms. The average Bonchev–Trinajstić information content (AvgIpc) is 2.01. The average molecular weight is 249 g/mol. The summed E-state index contributed by atoms with van der Waals surface area (Å²) in [7, 11) is 16.4. The second-order valence-corrected chi connectivity index (χ2v) is 4.44. The molecule has 96 valence electrons. The van der Waals surface area contributed by atoms with Gasteiger partial charge in [0.1, 0.15) is 5.82 Å². The topological polar surface area (TPSA) is 12.7 Å². The van der Waals surface area contributed by atoms with Gasteiger partial charge in [0.2, 0.25) is 0 Å². The number of likely N-dealkylation sites (N-methyl/N-ethyl adjacent to an activating group) is 1. The van der Waals surface area contributed by atoms with Gasteiger partial charge in [-0.05, 0) is 0 Å². The molecule has 0 aliphatic heterocycles. The molecule has 0 aromatic carbocycles. The molecule has 5 heteroatoms. The number of rotatable bonds is 3. The molecule has 0 rings (SSSR count). The van der Waals surface area contributed by atoms with E-state index in [0.29, 0.717) is 0 Å². The maximum absolute atomic E-state index is 2.17. The second kappa shape index (κ2) is 7.39. The van der Waals surface area contributed by atoms with Crippen molar-refractivity contribution < 1.29 is 17.0 Å². The van der Waals surface area contributed by atoms with Crippen molar-refractivity contribution in [1.82, 2.24) is 14.7 Å². The van der Waals surface area contributed by atoms with Crippen molar-refractivity contribution in [3.8, 4) is 0 Å². The van der Waals surface area contributed by atoms with Gasteiger partial charge in [0.15, 0.2) is 0 Å². The predicted molar refractivity (Wildman–Crippen MR) is 66.3 cm³/mol. The fourth-order valence-corrected chi connectivity index (χ4v) is 1.43. The maximum Gasteiger partial charge on any atom is 0.274 e. The summed E-state index contributed by atoms with van der Waals surface area (Å²) < 4.78 is 2.10. The zero-order valence-electron chi connectivity index (χ0n) is 11.7. The van der Waals surface area contributed by atoms with E-state index in [1.165, 1.54) is 11.7 Å². The normalized spacial score (nSPS) is 8.75.